The third-order valence-corrected chi connectivity index (χ3v) is 4.89. The van der Waals surface area contributed by atoms with Crippen LogP contribution in [0.3, 0.4) is 0 Å². The molecule has 0 bridgehead atoms. The number of rotatable bonds is 3. The van der Waals surface area contributed by atoms with Gasteiger partial charge in [-0.2, -0.15) is 0 Å². The molecule has 0 saturated heterocycles. The topological polar surface area (TPSA) is 47.9 Å². The number of thiophene rings is 1. The quantitative estimate of drug-likeness (QED) is 0.609. The van der Waals surface area contributed by atoms with E-state index >= 15 is 0 Å². The van der Waals surface area contributed by atoms with Crippen molar-refractivity contribution >= 4 is 38.9 Å². The Kier molecular flexibility index (Phi) is 4.07. The third kappa shape index (κ3) is 2.73. The van der Waals surface area contributed by atoms with Crippen LogP contribution in [0.25, 0.3) is 0 Å². The van der Waals surface area contributed by atoms with Crippen molar-refractivity contribution in [3.63, 3.8) is 0 Å². The van der Waals surface area contributed by atoms with E-state index < -0.39 is 5.97 Å². The number of ether oxygens (including phenoxy) is 1. The van der Waals surface area contributed by atoms with Gasteiger partial charge in [-0.25, -0.2) is 4.79 Å². The maximum atomic E-state index is 11.8. The van der Waals surface area contributed by atoms with Crippen molar-refractivity contribution in [1.82, 2.24) is 0 Å². The lowest BCUT2D eigenvalue weighted by atomic mass is 10.1. The fraction of sp³-hybridized carbons (Fsp3) is 0.200. The van der Waals surface area contributed by atoms with E-state index in [1.807, 2.05) is 17.5 Å². The highest BCUT2D eigenvalue weighted by molar-refractivity contribution is 9.10. The van der Waals surface area contributed by atoms with E-state index in [-0.39, 0.29) is 0 Å². The number of fused-ring (bicyclic) bond motifs is 1. The maximum absolute atomic E-state index is 11.8. The molecule has 1 aliphatic rings. The zero-order valence-electron chi connectivity index (χ0n) is 11.3. The van der Waals surface area contributed by atoms with Crippen molar-refractivity contribution in [3.05, 3.63) is 50.1 Å². The Balaban J connectivity index is 1.88. The Morgan fingerprint density at radius 3 is 2.90 bits per heavy atom. The molecule has 21 heavy (non-hydrogen) atoms. The molecule has 108 valence electrons. The molecule has 0 atom stereocenters. The molecule has 0 saturated carbocycles. The average molecular weight is 366 g/mol. The monoisotopic (exact) mass is 365 g/mol. The second-order valence-corrected chi connectivity index (χ2v) is 6.30. The zero-order chi connectivity index (χ0) is 14.8. The van der Waals surface area contributed by atoms with Crippen molar-refractivity contribution in [2.45, 2.75) is 12.8 Å². The zero-order valence-corrected chi connectivity index (χ0v) is 13.7. The van der Waals surface area contributed by atoms with Crippen LogP contribution in [0.1, 0.15) is 27.2 Å². The van der Waals surface area contributed by atoms with E-state index in [2.05, 4.69) is 21.1 Å². The van der Waals surface area contributed by atoms with Gasteiger partial charge in [0.2, 0.25) is 0 Å². The van der Waals surface area contributed by atoms with E-state index in [4.69, 9.17) is 9.57 Å². The summed E-state index contributed by atoms with van der Waals surface area (Å²) in [5.74, 6) is 0.316. The van der Waals surface area contributed by atoms with E-state index in [1.54, 1.807) is 19.2 Å². The smallest absolute Gasteiger partial charge is 0.375 e. The number of carbonyl (C=O) groups excluding carboxylic acids is 1. The molecule has 0 N–H and O–H groups in total. The first-order chi connectivity index (χ1) is 10.2. The summed E-state index contributed by atoms with van der Waals surface area (Å²) in [5.41, 5.74) is 2.80. The molecule has 0 amide bonds. The lowest BCUT2D eigenvalue weighted by Crippen LogP contribution is -2.04. The van der Waals surface area contributed by atoms with Crippen LogP contribution in [0.15, 0.2) is 39.3 Å². The fourth-order valence-corrected chi connectivity index (χ4v) is 3.45. The maximum Gasteiger partial charge on any atom is 0.375 e. The highest BCUT2D eigenvalue weighted by atomic mass is 79.9. The summed E-state index contributed by atoms with van der Waals surface area (Å²) in [6.45, 7) is 0. The minimum absolute atomic E-state index is 0.431. The molecule has 2 aromatic rings. The summed E-state index contributed by atoms with van der Waals surface area (Å²) in [6.07, 6.45) is 1.58. The summed E-state index contributed by atoms with van der Waals surface area (Å²) < 4.78 is 6.40. The first-order valence-corrected chi connectivity index (χ1v) is 8.05. The molecule has 0 radical (unpaired) electrons. The molecule has 6 heteroatoms. The Labute approximate surface area is 134 Å². The lowest BCUT2D eigenvalue weighted by molar-refractivity contribution is 0.0521. The van der Waals surface area contributed by atoms with Crippen LogP contribution in [-0.2, 0) is 11.3 Å². The summed E-state index contributed by atoms with van der Waals surface area (Å²) in [5, 5.41) is 5.87. The Hall–Kier alpha value is -1.66. The average Bonchev–Trinajstić information content (AvgIpc) is 3.15. The van der Waals surface area contributed by atoms with E-state index in [1.165, 1.54) is 11.3 Å². The van der Waals surface area contributed by atoms with Crippen molar-refractivity contribution < 1.29 is 14.4 Å². The normalized spacial score (nSPS) is 15.0. The first kappa shape index (κ1) is 14.3. The Bertz CT molecular complexity index is 710. The van der Waals surface area contributed by atoms with Crippen LogP contribution in [0.5, 0.6) is 5.75 Å². The Morgan fingerprint density at radius 2 is 2.19 bits per heavy atom. The van der Waals surface area contributed by atoms with Crippen LogP contribution in [0, 0.1) is 0 Å². The van der Waals surface area contributed by atoms with Gasteiger partial charge in [-0.05, 0) is 42.0 Å². The minimum Gasteiger partial charge on any atom is -0.496 e. The van der Waals surface area contributed by atoms with Gasteiger partial charge in [-0.1, -0.05) is 27.2 Å². The van der Waals surface area contributed by atoms with Crippen LogP contribution < -0.4 is 4.74 Å². The van der Waals surface area contributed by atoms with Gasteiger partial charge < -0.3 is 9.57 Å². The van der Waals surface area contributed by atoms with Crippen molar-refractivity contribution in [3.8, 4) is 5.75 Å². The van der Waals surface area contributed by atoms with Crippen LogP contribution in [0.2, 0.25) is 0 Å². The van der Waals surface area contributed by atoms with Crippen LogP contribution in [0.4, 0.5) is 0 Å². The Morgan fingerprint density at radius 1 is 1.33 bits per heavy atom. The first-order valence-electron chi connectivity index (χ1n) is 6.38. The van der Waals surface area contributed by atoms with Crippen LogP contribution >= 0.6 is 27.3 Å². The van der Waals surface area contributed by atoms with Gasteiger partial charge in [-0.3, -0.25) is 0 Å². The molecule has 0 spiro atoms. The van der Waals surface area contributed by atoms with Gasteiger partial charge in [0.25, 0.3) is 0 Å². The summed E-state index contributed by atoms with van der Waals surface area (Å²) in [7, 11) is 1.62. The SMILES string of the molecule is COc1ccc(Br)c2c1/C(=N\OC(=O)c1cccs1)CC2. The summed E-state index contributed by atoms with van der Waals surface area (Å²) in [6, 6.07) is 7.36. The van der Waals surface area contributed by atoms with Crippen molar-refractivity contribution in [2.75, 3.05) is 7.11 Å². The number of oxime groups is 1. The van der Waals surface area contributed by atoms with Crippen molar-refractivity contribution in [2.24, 2.45) is 5.16 Å². The predicted molar refractivity (Wildman–Crippen MR) is 85.3 cm³/mol. The number of benzene rings is 1. The van der Waals surface area contributed by atoms with Gasteiger partial charge in [-0.15, -0.1) is 11.3 Å². The number of hydrogen-bond acceptors (Lipinski definition) is 5. The van der Waals surface area contributed by atoms with E-state index in [9.17, 15) is 4.79 Å². The van der Waals surface area contributed by atoms with Crippen LogP contribution in [-0.4, -0.2) is 18.8 Å². The highest BCUT2D eigenvalue weighted by Crippen LogP contribution is 2.36. The third-order valence-electron chi connectivity index (χ3n) is 3.30. The number of hydrogen-bond donors (Lipinski definition) is 0. The number of carbonyl (C=O) groups is 1. The molecule has 1 heterocycles. The number of halogens is 1. The van der Waals surface area contributed by atoms with Gasteiger partial charge in [0.15, 0.2) is 0 Å². The van der Waals surface area contributed by atoms with E-state index in [0.29, 0.717) is 4.88 Å². The summed E-state index contributed by atoms with van der Waals surface area (Å²) in [4.78, 5) is 17.4. The second kappa shape index (κ2) is 5.99. The molecule has 0 unspecified atom stereocenters. The van der Waals surface area contributed by atoms with Gasteiger partial charge in [0, 0.05) is 10.0 Å². The fourth-order valence-electron chi connectivity index (χ4n) is 2.33. The molecule has 0 aliphatic heterocycles. The molecule has 4 nitrogen and oxygen atoms in total. The second-order valence-electron chi connectivity index (χ2n) is 4.50. The highest BCUT2D eigenvalue weighted by Gasteiger charge is 2.25. The van der Waals surface area contributed by atoms with Gasteiger partial charge in [0.1, 0.15) is 10.6 Å². The molecule has 0 fully saturated rings. The largest absolute Gasteiger partial charge is 0.496 e. The molecular formula is C15H12BrNO3S. The standard InChI is InChI=1S/C15H12BrNO3S/c1-19-12-7-5-10(16)9-4-6-11(14(9)12)17-20-15(18)13-3-2-8-21-13/h2-3,5,7-8H,4,6H2,1H3/b17-11-. The molecule has 1 aliphatic carbocycles. The van der Waals surface area contributed by atoms with Gasteiger partial charge >= 0.3 is 5.97 Å². The molecular weight excluding hydrogens is 354 g/mol. The summed E-state index contributed by atoms with van der Waals surface area (Å²) >= 11 is 4.87. The molecule has 1 aromatic carbocycles. The molecule has 1 aromatic heterocycles. The lowest BCUT2D eigenvalue weighted by Gasteiger charge is -2.08. The minimum atomic E-state index is -0.431. The number of nitrogens with zero attached hydrogens (tertiary/aromatic N) is 1. The molecule has 3 rings (SSSR count). The number of methoxy groups -OCH3 is 1. The van der Waals surface area contributed by atoms with E-state index in [0.717, 1.165) is 39.9 Å². The predicted octanol–water partition coefficient (Wildman–Crippen LogP) is 4.03. The van der Waals surface area contributed by atoms with Crippen molar-refractivity contribution in [1.29, 1.82) is 0 Å². The van der Waals surface area contributed by atoms with Gasteiger partial charge in [0.05, 0.1) is 12.8 Å².